The molecule has 0 saturated heterocycles. The number of amides is 1. The molecule has 0 fully saturated rings. The molecule has 0 heterocycles. The zero-order chi connectivity index (χ0) is 15.6. The van der Waals surface area contributed by atoms with Crippen molar-refractivity contribution in [1.82, 2.24) is 5.32 Å². The Bertz CT molecular complexity index is 691. The van der Waals surface area contributed by atoms with E-state index in [-0.39, 0.29) is 5.91 Å². The molecule has 1 atom stereocenters. The van der Waals surface area contributed by atoms with E-state index in [9.17, 15) is 13.6 Å². The van der Waals surface area contributed by atoms with Crippen LogP contribution in [0.4, 0.5) is 14.5 Å². The molecule has 0 aliphatic carbocycles. The summed E-state index contributed by atoms with van der Waals surface area (Å²) in [4.78, 5) is 12.1. The molecule has 6 heteroatoms. The average molecular weight is 355 g/mol. The predicted molar refractivity (Wildman–Crippen MR) is 80.8 cm³/mol. The summed E-state index contributed by atoms with van der Waals surface area (Å²) < 4.78 is 26.7. The quantitative estimate of drug-likeness (QED) is 0.823. The van der Waals surface area contributed by atoms with E-state index in [1.165, 1.54) is 6.07 Å². The third kappa shape index (κ3) is 3.58. The Balaban J connectivity index is 2.14. The third-order valence-electron chi connectivity index (χ3n) is 3.05. The molecule has 0 spiro atoms. The van der Waals surface area contributed by atoms with Crippen LogP contribution in [0.15, 0.2) is 40.9 Å². The van der Waals surface area contributed by atoms with Crippen LogP contribution in [0.1, 0.15) is 28.9 Å². The van der Waals surface area contributed by atoms with Crippen molar-refractivity contribution in [3.63, 3.8) is 0 Å². The lowest BCUT2D eigenvalue weighted by atomic mass is 10.1. The lowest BCUT2D eigenvalue weighted by Crippen LogP contribution is -2.26. The predicted octanol–water partition coefficient (Wildman–Crippen LogP) is 3.80. The first kappa shape index (κ1) is 15.4. The molecule has 0 aliphatic heterocycles. The zero-order valence-corrected chi connectivity index (χ0v) is 12.7. The maximum absolute atomic E-state index is 13.2. The van der Waals surface area contributed by atoms with E-state index >= 15 is 0 Å². The summed E-state index contributed by atoms with van der Waals surface area (Å²) in [7, 11) is 0. The minimum atomic E-state index is -0.941. The number of nitrogen functional groups attached to an aromatic ring is 1. The van der Waals surface area contributed by atoms with Gasteiger partial charge in [0.25, 0.3) is 5.91 Å². The number of halogens is 3. The Kier molecular flexibility index (Phi) is 4.57. The summed E-state index contributed by atoms with van der Waals surface area (Å²) >= 11 is 3.25. The number of benzene rings is 2. The molecule has 0 bridgehead atoms. The fraction of sp³-hybridized carbons (Fsp3) is 0.133. The first-order valence-electron chi connectivity index (χ1n) is 6.19. The molecule has 1 unspecified atom stereocenters. The summed E-state index contributed by atoms with van der Waals surface area (Å²) in [6, 6.07) is 7.88. The Morgan fingerprint density at radius 1 is 1.19 bits per heavy atom. The number of nitrogens with two attached hydrogens (primary N) is 1. The van der Waals surface area contributed by atoms with Gasteiger partial charge in [0.2, 0.25) is 0 Å². The van der Waals surface area contributed by atoms with Gasteiger partial charge in [0, 0.05) is 15.7 Å². The molecule has 2 aromatic carbocycles. The molecule has 0 radical (unpaired) electrons. The van der Waals surface area contributed by atoms with Gasteiger partial charge in [0.1, 0.15) is 0 Å². The highest BCUT2D eigenvalue weighted by molar-refractivity contribution is 9.10. The van der Waals surface area contributed by atoms with Crippen LogP contribution in [0, 0.1) is 11.6 Å². The van der Waals surface area contributed by atoms with E-state index in [0.29, 0.717) is 21.3 Å². The number of carbonyl (C=O) groups excluding carboxylic acids is 1. The number of nitrogens with one attached hydrogen (secondary N) is 1. The zero-order valence-electron chi connectivity index (χ0n) is 11.2. The number of hydrogen-bond acceptors (Lipinski definition) is 2. The van der Waals surface area contributed by atoms with Crippen LogP contribution in [0.3, 0.4) is 0 Å². The fourth-order valence-corrected chi connectivity index (χ4v) is 2.19. The van der Waals surface area contributed by atoms with Crippen LogP contribution in [0.25, 0.3) is 0 Å². The molecule has 1 amide bonds. The van der Waals surface area contributed by atoms with Crippen molar-refractivity contribution in [2.45, 2.75) is 13.0 Å². The van der Waals surface area contributed by atoms with Gasteiger partial charge in [-0.15, -0.1) is 0 Å². The Morgan fingerprint density at radius 3 is 2.52 bits per heavy atom. The van der Waals surface area contributed by atoms with Gasteiger partial charge in [-0.3, -0.25) is 4.79 Å². The molecular weight excluding hydrogens is 342 g/mol. The van der Waals surface area contributed by atoms with Gasteiger partial charge in [-0.2, -0.15) is 0 Å². The van der Waals surface area contributed by atoms with Crippen molar-refractivity contribution in [1.29, 1.82) is 0 Å². The van der Waals surface area contributed by atoms with Crippen LogP contribution in [-0.2, 0) is 0 Å². The molecule has 3 nitrogen and oxygen atoms in total. The van der Waals surface area contributed by atoms with Gasteiger partial charge in [0.05, 0.1) is 6.04 Å². The average Bonchev–Trinajstić information content (AvgIpc) is 2.44. The number of hydrogen-bond donors (Lipinski definition) is 2. The van der Waals surface area contributed by atoms with Gasteiger partial charge >= 0.3 is 0 Å². The molecule has 2 rings (SSSR count). The SMILES string of the molecule is CC(NC(=O)c1ccc(N)c(Br)c1)c1ccc(F)c(F)c1. The van der Waals surface area contributed by atoms with Gasteiger partial charge < -0.3 is 11.1 Å². The largest absolute Gasteiger partial charge is 0.398 e. The van der Waals surface area contributed by atoms with E-state index in [0.717, 1.165) is 12.1 Å². The topological polar surface area (TPSA) is 55.1 Å². The second kappa shape index (κ2) is 6.22. The highest BCUT2D eigenvalue weighted by atomic mass is 79.9. The lowest BCUT2D eigenvalue weighted by molar-refractivity contribution is 0.0940. The Labute approximate surface area is 129 Å². The fourth-order valence-electron chi connectivity index (χ4n) is 1.81. The van der Waals surface area contributed by atoms with Crippen molar-refractivity contribution < 1.29 is 13.6 Å². The van der Waals surface area contributed by atoms with E-state index in [4.69, 9.17) is 5.73 Å². The number of carbonyl (C=O) groups is 1. The van der Waals surface area contributed by atoms with Gasteiger partial charge in [0.15, 0.2) is 11.6 Å². The van der Waals surface area contributed by atoms with Crippen molar-refractivity contribution in [2.75, 3.05) is 5.73 Å². The molecule has 2 aromatic rings. The monoisotopic (exact) mass is 354 g/mol. The van der Waals surface area contributed by atoms with Crippen LogP contribution in [-0.4, -0.2) is 5.91 Å². The van der Waals surface area contributed by atoms with Gasteiger partial charge in [-0.05, 0) is 58.7 Å². The third-order valence-corrected chi connectivity index (χ3v) is 3.74. The van der Waals surface area contributed by atoms with E-state index in [1.807, 2.05) is 0 Å². The highest BCUT2D eigenvalue weighted by Crippen LogP contribution is 2.21. The van der Waals surface area contributed by atoms with E-state index in [1.54, 1.807) is 25.1 Å². The second-order valence-corrected chi connectivity index (χ2v) is 5.46. The summed E-state index contributed by atoms with van der Waals surface area (Å²) in [5, 5.41) is 2.72. The molecule has 0 aromatic heterocycles. The highest BCUT2D eigenvalue weighted by Gasteiger charge is 2.14. The maximum atomic E-state index is 13.2. The van der Waals surface area contributed by atoms with Crippen molar-refractivity contribution in [3.05, 3.63) is 63.6 Å². The molecule has 3 N–H and O–H groups in total. The minimum Gasteiger partial charge on any atom is -0.398 e. The Morgan fingerprint density at radius 2 is 1.90 bits per heavy atom. The van der Waals surface area contributed by atoms with Gasteiger partial charge in [-0.1, -0.05) is 6.07 Å². The molecular formula is C15H13BrF2N2O. The number of anilines is 1. The van der Waals surface area contributed by atoms with E-state index < -0.39 is 17.7 Å². The van der Waals surface area contributed by atoms with Crippen molar-refractivity contribution in [3.8, 4) is 0 Å². The summed E-state index contributed by atoms with van der Waals surface area (Å²) in [5.74, 6) is -2.18. The normalized spacial score (nSPS) is 12.0. The van der Waals surface area contributed by atoms with Crippen LogP contribution >= 0.6 is 15.9 Å². The maximum Gasteiger partial charge on any atom is 0.251 e. The van der Waals surface area contributed by atoms with Gasteiger partial charge in [-0.25, -0.2) is 8.78 Å². The summed E-state index contributed by atoms with van der Waals surface area (Å²) in [6.45, 7) is 1.69. The van der Waals surface area contributed by atoms with E-state index in [2.05, 4.69) is 21.2 Å². The molecule has 21 heavy (non-hydrogen) atoms. The molecule has 0 saturated carbocycles. The standard InChI is InChI=1S/C15H13BrF2N2O/c1-8(9-2-4-12(17)13(18)7-9)20-15(21)10-3-5-14(19)11(16)6-10/h2-8H,19H2,1H3,(H,20,21). The summed E-state index contributed by atoms with van der Waals surface area (Å²) in [6.07, 6.45) is 0. The van der Waals surface area contributed by atoms with Crippen molar-refractivity contribution in [2.24, 2.45) is 0 Å². The second-order valence-electron chi connectivity index (χ2n) is 4.60. The summed E-state index contributed by atoms with van der Waals surface area (Å²) in [5.41, 5.74) is 7.09. The lowest BCUT2D eigenvalue weighted by Gasteiger charge is -2.15. The number of rotatable bonds is 3. The first-order chi connectivity index (χ1) is 9.88. The smallest absolute Gasteiger partial charge is 0.251 e. The van der Waals surface area contributed by atoms with Crippen LogP contribution < -0.4 is 11.1 Å². The molecule has 0 aliphatic rings. The molecule has 110 valence electrons. The Hall–Kier alpha value is -1.95. The van der Waals surface area contributed by atoms with Crippen LogP contribution in [0.2, 0.25) is 0 Å². The first-order valence-corrected chi connectivity index (χ1v) is 6.98. The van der Waals surface area contributed by atoms with Crippen molar-refractivity contribution >= 4 is 27.5 Å². The minimum absolute atomic E-state index is 0.326. The van der Waals surface area contributed by atoms with Crippen LogP contribution in [0.5, 0.6) is 0 Å².